The quantitative estimate of drug-likeness (QED) is 0.553. The third-order valence-electron chi connectivity index (χ3n) is 6.51. The first-order valence-corrected chi connectivity index (χ1v) is 12.3. The van der Waals surface area contributed by atoms with Crippen molar-refractivity contribution in [2.75, 3.05) is 21.3 Å². The average Bonchev–Trinajstić information content (AvgIpc) is 2.75. The Morgan fingerprint density at radius 1 is 0.886 bits per heavy atom. The highest BCUT2D eigenvalue weighted by molar-refractivity contribution is 5.94. The molecule has 1 aliphatic heterocycles. The van der Waals surface area contributed by atoms with Gasteiger partial charge in [-0.15, -0.1) is 0 Å². The summed E-state index contributed by atoms with van der Waals surface area (Å²) in [5, 5.41) is 9.87. The van der Waals surface area contributed by atoms with Crippen LogP contribution in [0.15, 0.2) is 22.1 Å². The molecular formula is C28H44N2O5. The number of carboxylic acid groups (broad SMARTS) is 1. The highest BCUT2D eigenvalue weighted by Gasteiger charge is 2.38. The molecule has 0 radical (unpaired) electrons. The number of benzene rings is 1. The molecule has 1 heterocycles. The topological polar surface area (TPSA) is 89.7 Å². The highest BCUT2D eigenvalue weighted by Crippen LogP contribution is 2.40. The number of carboxylic acids is 1. The molecule has 196 valence electrons. The molecule has 0 saturated heterocycles. The molecule has 0 aromatic heterocycles. The Labute approximate surface area is 211 Å². The highest BCUT2D eigenvalue weighted by atomic mass is 16.5. The van der Waals surface area contributed by atoms with Gasteiger partial charge in [0.25, 0.3) is 0 Å². The molecule has 0 aliphatic carbocycles. The molecule has 7 heteroatoms. The number of hydrogen-bond donors (Lipinski definition) is 1. The second-order valence-electron chi connectivity index (χ2n) is 11.7. The Morgan fingerprint density at radius 3 is 1.71 bits per heavy atom. The van der Waals surface area contributed by atoms with E-state index in [0.29, 0.717) is 18.2 Å². The monoisotopic (exact) mass is 488 g/mol. The van der Waals surface area contributed by atoms with Crippen molar-refractivity contribution in [1.29, 1.82) is 0 Å². The normalized spacial score (nSPS) is 19.7. The van der Waals surface area contributed by atoms with E-state index in [-0.39, 0.29) is 35.1 Å². The van der Waals surface area contributed by atoms with Crippen molar-refractivity contribution < 1.29 is 24.1 Å². The molecule has 2 rings (SSSR count). The van der Waals surface area contributed by atoms with Crippen molar-refractivity contribution in [3.8, 4) is 5.75 Å². The molecule has 35 heavy (non-hydrogen) atoms. The molecule has 0 saturated carbocycles. The Kier molecular flexibility index (Phi) is 9.01. The van der Waals surface area contributed by atoms with E-state index in [1.54, 1.807) is 21.3 Å². The van der Waals surface area contributed by atoms with E-state index in [1.807, 2.05) is 13.8 Å². The molecule has 2 unspecified atom stereocenters. The number of ether oxygens (including phenoxy) is 3. The van der Waals surface area contributed by atoms with E-state index in [0.717, 1.165) is 22.4 Å². The van der Waals surface area contributed by atoms with Crippen LogP contribution < -0.4 is 4.74 Å². The predicted octanol–water partition coefficient (Wildman–Crippen LogP) is 5.42. The fraction of sp³-hybridized carbons (Fsp3) is 0.679. The fourth-order valence-corrected chi connectivity index (χ4v) is 4.73. The lowest BCUT2D eigenvalue weighted by Crippen LogP contribution is -2.42. The molecule has 1 aromatic carbocycles. The van der Waals surface area contributed by atoms with Crippen LogP contribution in [0.3, 0.4) is 0 Å². The number of aliphatic carboxylic acids is 1. The second kappa shape index (κ2) is 11.0. The maximum absolute atomic E-state index is 12.0. The van der Waals surface area contributed by atoms with Crippen molar-refractivity contribution in [2.45, 2.75) is 91.1 Å². The first-order valence-electron chi connectivity index (χ1n) is 12.3. The minimum Gasteiger partial charge on any atom is -0.497 e. The first-order chi connectivity index (χ1) is 16.1. The van der Waals surface area contributed by atoms with Gasteiger partial charge in [0.2, 0.25) is 11.8 Å². The minimum absolute atomic E-state index is 0.0704. The summed E-state index contributed by atoms with van der Waals surface area (Å²) in [7, 11) is 4.84. The Bertz CT molecular complexity index is 932. The maximum atomic E-state index is 12.0. The first kappa shape index (κ1) is 28.7. The standard InChI is InChI=1S/C28H44N2O5/c1-16(2)23-25(34-10)30-24(26(29-23)35-11)17(13-22(31)32)12-19-20(27(3,4)5)14-18(33-9)15-21(19)28(6,7)8/h14-17,23-24H,12-13H2,1-11H3,(H,31,32)/t17-,23?,24?/m0/s1. The van der Waals surface area contributed by atoms with Gasteiger partial charge in [-0.2, -0.15) is 0 Å². The number of aliphatic imine (C=N–C) groups is 2. The van der Waals surface area contributed by atoms with Gasteiger partial charge in [0.15, 0.2) is 0 Å². The van der Waals surface area contributed by atoms with Crippen LogP contribution in [0, 0.1) is 11.8 Å². The van der Waals surface area contributed by atoms with Crippen molar-refractivity contribution in [1.82, 2.24) is 0 Å². The van der Waals surface area contributed by atoms with Crippen LogP contribution in [0.5, 0.6) is 5.75 Å². The Hall–Kier alpha value is -2.57. The zero-order valence-corrected chi connectivity index (χ0v) is 23.4. The van der Waals surface area contributed by atoms with E-state index >= 15 is 0 Å². The largest absolute Gasteiger partial charge is 0.497 e. The molecule has 1 aromatic rings. The number of carbonyl (C=O) groups is 1. The summed E-state index contributed by atoms with van der Waals surface area (Å²) in [6.45, 7) is 17.1. The van der Waals surface area contributed by atoms with E-state index in [9.17, 15) is 9.90 Å². The zero-order valence-electron chi connectivity index (χ0n) is 23.4. The average molecular weight is 489 g/mol. The lowest BCUT2D eigenvalue weighted by Gasteiger charge is -2.35. The summed E-state index contributed by atoms with van der Waals surface area (Å²) in [6.07, 6.45) is 0.439. The van der Waals surface area contributed by atoms with Crippen molar-refractivity contribution in [3.63, 3.8) is 0 Å². The number of hydrogen-bond acceptors (Lipinski definition) is 6. The van der Waals surface area contributed by atoms with Gasteiger partial charge in [0, 0.05) is 5.92 Å². The molecule has 1 N–H and O–H groups in total. The number of methoxy groups -OCH3 is 3. The molecule has 0 bridgehead atoms. The van der Waals surface area contributed by atoms with Crippen LogP contribution in [0.1, 0.15) is 78.5 Å². The van der Waals surface area contributed by atoms with Crippen LogP contribution in [-0.2, 0) is 31.5 Å². The van der Waals surface area contributed by atoms with Crippen molar-refractivity contribution in [2.24, 2.45) is 21.8 Å². The Morgan fingerprint density at radius 2 is 1.34 bits per heavy atom. The summed E-state index contributed by atoms with van der Waals surface area (Å²) in [4.78, 5) is 21.7. The van der Waals surface area contributed by atoms with Crippen LogP contribution in [-0.4, -0.2) is 56.3 Å². The molecular weight excluding hydrogens is 444 g/mol. The summed E-state index contributed by atoms with van der Waals surface area (Å²) in [5.41, 5.74) is 3.06. The number of nitrogens with zero attached hydrogens (tertiary/aromatic N) is 2. The van der Waals surface area contributed by atoms with E-state index in [4.69, 9.17) is 24.2 Å². The minimum atomic E-state index is -0.881. The van der Waals surface area contributed by atoms with Gasteiger partial charge in [0.05, 0.1) is 27.8 Å². The van der Waals surface area contributed by atoms with Crippen molar-refractivity contribution in [3.05, 3.63) is 28.8 Å². The third-order valence-corrected chi connectivity index (χ3v) is 6.51. The van der Waals surface area contributed by atoms with Crippen LogP contribution in [0.2, 0.25) is 0 Å². The summed E-state index contributed by atoms with van der Waals surface area (Å²) < 4.78 is 16.9. The molecule has 0 spiro atoms. The van der Waals surface area contributed by atoms with Gasteiger partial charge in [0.1, 0.15) is 17.8 Å². The van der Waals surface area contributed by atoms with Crippen LogP contribution in [0.25, 0.3) is 0 Å². The zero-order chi connectivity index (χ0) is 26.7. The van der Waals surface area contributed by atoms with Crippen molar-refractivity contribution >= 4 is 17.8 Å². The summed E-state index contributed by atoms with van der Waals surface area (Å²) >= 11 is 0. The lowest BCUT2D eigenvalue weighted by atomic mass is 9.72. The van der Waals surface area contributed by atoms with E-state index in [2.05, 4.69) is 53.7 Å². The maximum Gasteiger partial charge on any atom is 0.303 e. The molecule has 0 amide bonds. The SMILES string of the molecule is COC1=NC([C@H](CC(=O)O)Cc2c(C(C)(C)C)cc(OC)cc2C(C)(C)C)C(OC)=NC1C(C)C. The third kappa shape index (κ3) is 6.77. The number of rotatable bonds is 7. The summed E-state index contributed by atoms with van der Waals surface area (Å²) in [5.74, 6) is 0.685. The smallest absolute Gasteiger partial charge is 0.303 e. The Balaban J connectivity index is 2.73. The fourth-order valence-electron chi connectivity index (χ4n) is 4.73. The molecule has 1 aliphatic rings. The molecule has 7 nitrogen and oxygen atoms in total. The summed E-state index contributed by atoms with van der Waals surface area (Å²) in [6, 6.07) is 3.34. The second-order valence-corrected chi connectivity index (χ2v) is 11.7. The van der Waals surface area contributed by atoms with Gasteiger partial charge >= 0.3 is 5.97 Å². The lowest BCUT2D eigenvalue weighted by molar-refractivity contribution is -0.138. The van der Waals surface area contributed by atoms with Gasteiger partial charge in [-0.1, -0.05) is 55.4 Å². The van der Waals surface area contributed by atoms with Crippen LogP contribution >= 0.6 is 0 Å². The van der Waals surface area contributed by atoms with E-state index < -0.39 is 12.0 Å². The predicted molar refractivity (Wildman–Crippen MR) is 141 cm³/mol. The molecule has 3 atom stereocenters. The van der Waals surface area contributed by atoms with Gasteiger partial charge < -0.3 is 19.3 Å². The van der Waals surface area contributed by atoms with Gasteiger partial charge in [-0.05, 0) is 52.0 Å². The van der Waals surface area contributed by atoms with E-state index in [1.165, 1.54) is 0 Å². The molecule has 0 fully saturated rings. The van der Waals surface area contributed by atoms with Crippen LogP contribution in [0.4, 0.5) is 0 Å². The van der Waals surface area contributed by atoms with Gasteiger partial charge in [-0.25, -0.2) is 9.98 Å². The van der Waals surface area contributed by atoms with Gasteiger partial charge in [-0.3, -0.25) is 4.79 Å².